The molecular weight excluding hydrogens is 204 g/mol. The molecule has 0 spiro atoms. The molecule has 0 saturated heterocycles. The third-order valence-electron chi connectivity index (χ3n) is 2.32. The van der Waals surface area contributed by atoms with Gasteiger partial charge >= 0.3 is 0 Å². The van der Waals surface area contributed by atoms with E-state index in [0.717, 1.165) is 24.9 Å². The standard InChI is InChI=1S/C11H20N4O/c1-12-6-3-4-11(16)13-7-5-10-8-14-15(2)9-10/h8-9,12H,3-7H2,1-2H3,(H,13,16). The van der Waals surface area contributed by atoms with Crippen LogP contribution in [0.3, 0.4) is 0 Å². The number of amides is 1. The minimum absolute atomic E-state index is 0.124. The Bertz CT molecular complexity index is 322. The van der Waals surface area contributed by atoms with Crippen LogP contribution in [0.1, 0.15) is 18.4 Å². The number of aromatic nitrogens is 2. The van der Waals surface area contributed by atoms with Gasteiger partial charge in [0.15, 0.2) is 0 Å². The van der Waals surface area contributed by atoms with Crippen LogP contribution in [0.2, 0.25) is 0 Å². The van der Waals surface area contributed by atoms with Crippen LogP contribution in [0, 0.1) is 0 Å². The third-order valence-corrected chi connectivity index (χ3v) is 2.32. The zero-order chi connectivity index (χ0) is 11.8. The van der Waals surface area contributed by atoms with Crippen molar-refractivity contribution >= 4 is 5.91 Å². The summed E-state index contributed by atoms with van der Waals surface area (Å²) in [5, 5.41) is 9.98. The molecule has 5 nitrogen and oxygen atoms in total. The van der Waals surface area contributed by atoms with Crippen molar-refractivity contribution in [1.29, 1.82) is 0 Å². The molecule has 0 atom stereocenters. The first-order valence-corrected chi connectivity index (χ1v) is 5.61. The number of nitrogens with one attached hydrogen (secondary N) is 2. The molecule has 0 saturated carbocycles. The van der Waals surface area contributed by atoms with Crippen LogP contribution in [0.4, 0.5) is 0 Å². The molecule has 1 rings (SSSR count). The highest BCUT2D eigenvalue weighted by atomic mass is 16.1. The van der Waals surface area contributed by atoms with Crippen molar-refractivity contribution in [2.24, 2.45) is 7.05 Å². The summed E-state index contributed by atoms with van der Waals surface area (Å²) < 4.78 is 1.77. The number of hydrogen-bond donors (Lipinski definition) is 2. The fourth-order valence-corrected chi connectivity index (χ4v) is 1.46. The van der Waals surface area contributed by atoms with Gasteiger partial charge in [0, 0.05) is 26.2 Å². The first kappa shape index (κ1) is 12.7. The Morgan fingerprint density at radius 3 is 2.94 bits per heavy atom. The summed E-state index contributed by atoms with van der Waals surface area (Å²) in [6.07, 6.45) is 6.11. The number of hydrogen-bond acceptors (Lipinski definition) is 3. The van der Waals surface area contributed by atoms with Gasteiger partial charge in [-0.1, -0.05) is 0 Å². The highest BCUT2D eigenvalue weighted by molar-refractivity contribution is 5.75. The van der Waals surface area contributed by atoms with E-state index in [2.05, 4.69) is 15.7 Å². The van der Waals surface area contributed by atoms with Gasteiger partial charge in [-0.15, -0.1) is 0 Å². The van der Waals surface area contributed by atoms with Crippen LogP contribution in [-0.2, 0) is 18.3 Å². The molecule has 5 heteroatoms. The molecule has 0 fully saturated rings. The predicted octanol–water partition coefficient (Wildman–Crippen LogP) is 0.0784. The summed E-state index contributed by atoms with van der Waals surface area (Å²) in [5.74, 6) is 0.124. The van der Waals surface area contributed by atoms with E-state index in [1.54, 1.807) is 4.68 Å². The van der Waals surface area contributed by atoms with E-state index in [4.69, 9.17) is 0 Å². The van der Waals surface area contributed by atoms with E-state index >= 15 is 0 Å². The maximum absolute atomic E-state index is 11.4. The van der Waals surface area contributed by atoms with Crippen molar-refractivity contribution in [3.63, 3.8) is 0 Å². The molecule has 0 aliphatic heterocycles. The summed E-state index contributed by atoms with van der Waals surface area (Å²) in [7, 11) is 3.78. The average molecular weight is 224 g/mol. The van der Waals surface area contributed by atoms with Gasteiger partial charge in [0.25, 0.3) is 0 Å². The second kappa shape index (κ2) is 7.00. The quantitative estimate of drug-likeness (QED) is 0.645. The first-order valence-electron chi connectivity index (χ1n) is 5.61. The lowest BCUT2D eigenvalue weighted by Crippen LogP contribution is -2.26. The van der Waals surface area contributed by atoms with Gasteiger partial charge in [0.1, 0.15) is 0 Å². The van der Waals surface area contributed by atoms with Gasteiger partial charge in [0.2, 0.25) is 5.91 Å². The van der Waals surface area contributed by atoms with Crippen LogP contribution < -0.4 is 10.6 Å². The smallest absolute Gasteiger partial charge is 0.220 e. The zero-order valence-electron chi connectivity index (χ0n) is 9.99. The van der Waals surface area contributed by atoms with Gasteiger partial charge in [-0.2, -0.15) is 5.10 Å². The van der Waals surface area contributed by atoms with Gasteiger partial charge in [0.05, 0.1) is 6.20 Å². The SMILES string of the molecule is CNCCCC(=O)NCCc1cnn(C)c1. The molecule has 1 aromatic heterocycles. The van der Waals surface area contributed by atoms with E-state index in [-0.39, 0.29) is 5.91 Å². The average Bonchev–Trinajstić information content (AvgIpc) is 2.65. The van der Waals surface area contributed by atoms with Crippen molar-refractivity contribution in [3.05, 3.63) is 18.0 Å². The van der Waals surface area contributed by atoms with Crippen molar-refractivity contribution < 1.29 is 4.79 Å². The molecule has 90 valence electrons. The Morgan fingerprint density at radius 2 is 2.31 bits per heavy atom. The number of rotatable bonds is 7. The van der Waals surface area contributed by atoms with Gasteiger partial charge in [-0.05, 0) is 32.0 Å². The minimum atomic E-state index is 0.124. The fourth-order valence-electron chi connectivity index (χ4n) is 1.46. The second-order valence-corrected chi connectivity index (χ2v) is 3.83. The first-order chi connectivity index (χ1) is 7.72. The Hall–Kier alpha value is -1.36. The van der Waals surface area contributed by atoms with Crippen LogP contribution in [0.5, 0.6) is 0 Å². The monoisotopic (exact) mass is 224 g/mol. The number of carbonyl (C=O) groups is 1. The highest BCUT2D eigenvalue weighted by Crippen LogP contribution is 1.96. The van der Waals surface area contributed by atoms with Crippen molar-refractivity contribution in [3.8, 4) is 0 Å². The summed E-state index contributed by atoms with van der Waals surface area (Å²) in [6, 6.07) is 0. The molecule has 1 heterocycles. The van der Waals surface area contributed by atoms with Crippen LogP contribution >= 0.6 is 0 Å². The number of aryl methyl sites for hydroxylation is 1. The van der Waals surface area contributed by atoms with Crippen LogP contribution in [0.15, 0.2) is 12.4 Å². The molecule has 16 heavy (non-hydrogen) atoms. The maximum Gasteiger partial charge on any atom is 0.220 e. The van der Waals surface area contributed by atoms with Gasteiger partial charge in [-0.25, -0.2) is 0 Å². The molecule has 1 amide bonds. The van der Waals surface area contributed by atoms with Crippen LogP contribution in [-0.4, -0.2) is 35.8 Å². The molecule has 0 aliphatic rings. The second-order valence-electron chi connectivity index (χ2n) is 3.83. The van der Waals surface area contributed by atoms with Crippen molar-refractivity contribution in [1.82, 2.24) is 20.4 Å². The Kier molecular flexibility index (Phi) is 5.56. The zero-order valence-corrected chi connectivity index (χ0v) is 9.99. The van der Waals surface area contributed by atoms with Crippen molar-refractivity contribution in [2.75, 3.05) is 20.1 Å². The molecule has 0 radical (unpaired) electrons. The predicted molar refractivity (Wildman–Crippen MR) is 63.1 cm³/mol. The lowest BCUT2D eigenvalue weighted by atomic mass is 10.2. The molecule has 2 N–H and O–H groups in total. The minimum Gasteiger partial charge on any atom is -0.356 e. The number of carbonyl (C=O) groups excluding carboxylic acids is 1. The summed E-state index contributed by atoms with van der Waals surface area (Å²) >= 11 is 0. The Morgan fingerprint density at radius 1 is 1.50 bits per heavy atom. The summed E-state index contributed by atoms with van der Waals surface area (Å²) in [4.78, 5) is 11.4. The Balaban J connectivity index is 2.08. The van der Waals surface area contributed by atoms with Gasteiger partial charge < -0.3 is 10.6 Å². The maximum atomic E-state index is 11.4. The molecule has 1 aromatic rings. The molecule has 0 aliphatic carbocycles. The lowest BCUT2D eigenvalue weighted by Gasteiger charge is -2.03. The van der Waals surface area contributed by atoms with E-state index in [1.807, 2.05) is 26.5 Å². The van der Waals surface area contributed by atoms with Crippen molar-refractivity contribution in [2.45, 2.75) is 19.3 Å². The van der Waals surface area contributed by atoms with E-state index in [1.165, 1.54) is 0 Å². The lowest BCUT2D eigenvalue weighted by molar-refractivity contribution is -0.121. The van der Waals surface area contributed by atoms with E-state index in [0.29, 0.717) is 13.0 Å². The third kappa shape index (κ3) is 4.93. The van der Waals surface area contributed by atoms with E-state index in [9.17, 15) is 4.79 Å². The molecular formula is C11H20N4O. The normalized spacial score (nSPS) is 10.4. The van der Waals surface area contributed by atoms with Crippen LogP contribution in [0.25, 0.3) is 0 Å². The largest absolute Gasteiger partial charge is 0.356 e. The van der Waals surface area contributed by atoms with E-state index < -0.39 is 0 Å². The molecule has 0 aromatic carbocycles. The Labute approximate surface area is 96.2 Å². The number of nitrogens with zero attached hydrogens (tertiary/aromatic N) is 2. The fraction of sp³-hybridized carbons (Fsp3) is 0.636. The topological polar surface area (TPSA) is 59.0 Å². The molecule has 0 unspecified atom stereocenters. The summed E-state index contributed by atoms with van der Waals surface area (Å²) in [6.45, 7) is 1.57. The molecule has 0 bridgehead atoms. The van der Waals surface area contributed by atoms with Gasteiger partial charge in [-0.3, -0.25) is 9.48 Å². The summed E-state index contributed by atoms with van der Waals surface area (Å²) in [5.41, 5.74) is 1.15. The highest BCUT2D eigenvalue weighted by Gasteiger charge is 2.01.